The van der Waals surface area contributed by atoms with E-state index in [2.05, 4.69) is 10.6 Å². The highest BCUT2D eigenvalue weighted by Gasteiger charge is 2.14. The fourth-order valence-corrected chi connectivity index (χ4v) is 1.23. The molecule has 1 atom stereocenters. The number of carbonyl (C=O) groups is 3. The van der Waals surface area contributed by atoms with Crippen LogP contribution in [0.15, 0.2) is 24.3 Å². The number of amides is 3. The van der Waals surface area contributed by atoms with Crippen molar-refractivity contribution < 1.29 is 24.6 Å². The summed E-state index contributed by atoms with van der Waals surface area (Å²) in [4.78, 5) is 32.5. The van der Waals surface area contributed by atoms with Crippen LogP contribution < -0.4 is 16.4 Å². The molecule has 0 aliphatic rings. The van der Waals surface area contributed by atoms with Crippen molar-refractivity contribution in [3.8, 4) is 0 Å². The quantitative estimate of drug-likeness (QED) is 0.482. The van der Waals surface area contributed by atoms with Gasteiger partial charge in [0.05, 0.1) is 6.54 Å². The first kappa shape index (κ1) is 14.5. The average Bonchev–Trinajstić information content (AvgIpc) is 2.35. The Balaban J connectivity index is 2.58. The lowest BCUT2D eigenvalue weighted by Gasteiger charge is -2.08. The molecule has 8 nitrogen and oxygen atoms in total. The molecule has 1 aromatic rings. The van der Waals surface area contributed by atoms with Gasteiger partial charge in [-0.2, -0.15) is 0 Å². The van der Waals surface area contributed by atoms with Crippen molar-refractivity contribution in [2.24, 2.45) is 5.73 Å². The third kappa shape index (κ3) is 4.64. The van der Waals surface area contributed by atoms with E-state index in [0.717, 1.165) is 0 Å². The first-order valence-corrected chi connectivity index (χ1v) is 5.25. The molecule has 0 saturated heterocycles. The van der Waals surface area contributed by atoms with Gasteiger partial charge in [0.25, 0.3) is 5.91 Å². The van der Waals surface area contributed by atoms with Crippen LogP contribution in [0.5, 0.6) is 0 Å². The van der Waals surface area contributed by atoms with Crippen LogP contribution in [-0.4, -0.2) is 40.8 Å². The van der Waals surface area contributed by atoms with E-state index in [0.29, 0.717) is 5.69 Å². The minimum absolute atomic E-state index is 0.257. The number of carboxylic acid groups (broad SMARTS) is 1. The van der Waals surface area contributed by atoms with Gasteiger partial charge in [-0.1, -0.05) is 0 Å². The third-order valence-corrected chi connectivity index (χ3v) is 2.16. The van der Waals surface area contributed by atoms with Crippen molar-refractivity contribution in [3.05, 3.63) is 29.8 Å². The number of carbonyl (C=O) groups excluding carboxylic acids is 2. The van der Waals surface area contributed by atoms with Crippen LogP contribution in [0.3, 0.4) is 0 Å². The molecule has 0 aliphatic heterocycles. The lowest BCUT2D eigenvalue weighted by atomic mass is 10.2. The first-order chi connectivity index (χ1) is 8.90. The molecule has 0 spiro atoms. The second-order valence-corrected chi connectivity index (χ2v) is 3.63. The van der Waals surface area contributed by atoms with Crippen molar-refractivity contribution in [2.75, 3.05) is 11.9 Å². The molecule has 8 heteroatoms. The van der Waals surface area contributed by atoms with E-state index >= 15 is 0 Å². The maximum absolute atomic E-state index is 11.6. The number of aliphatic hydroxyl groups excluding tert-OH is 1. The van der Waals surface area contributed by atoms with E-state index in [-0.39, 0.29) is 5.56 Å². The zero-order valence-corrected chi connectivity index (χ0v) is 9.79. The minimum atomic E-state index is -1.65. The van der Waals surface area contributed by atoms with E-state index in [9.17, 15) is 14.4 Å². The number of nitrogens with two attached hydrogens (primary N) is 1. The molecule has 0 heterocycles. The van der Waals surface area contributed by atoms with Crippen LogP contribution in [0.4, 0.5) is 10.5 Å². The van der Waals surface area contributed by atoms with Crippen molar-refractivity contribution in [3.63, 3.8) is 0 Å². The van der Waals surface area contributed by atoms with Crippen LogP contribution in [-0.2, 0) is 4.79 Å². The number of urea groups is 1. The number of benzene rings is 1. The summed E-state index contributed by atoms with van der Waals surface area (Å²) in [6, 6.07) is 5.06. The predicted octanol–water partition coefficient (Wildman–Crippen LogP) is -0.647. The molecule has 3 amide bonds. The molecule has 1 aromatic carbocycles. The Morgan fingerprint density at radius 3 is 2.26 bits per heavy atom. The second-order valence-electron chi connectivity index (χ2n) is 3.63. The Hall–Kier alpha value is -2.61. The minimum Gasteiger partial charge on any atom is -0.479 e. The van der Waals surface area contributed by atoms with Crippen LogP contribution in [0, 0.1) is 0 Å². The molecule has 19 heavy (non-hydrogen) atoms. The molecular formula is C11H13N3O5. The summed E-state index contributed by atoms with van der Waals surface area (Å²) >= 11 is 0. The van der Waals surface area contributed by atoms with Gasteiger partial charge < -0.3 is 26.6 Å². The fourth-order valence-electron chi connectivity index (χ4n) is 1.23. The van der Waals surface area contributed by atoms with Gasteiger partial charge in [0.1, 0.15) is 0 Å². The normalized spacial score (nSPS) is 11.4. The molecule has 0 aromatic heterocycles. The van der Waals surface area contributed by atoms with Crippen molar-refractivity contribution in [1.29, 1.82) is 0 Å². The number of aliphatic hydroxyl groups is 1. The van der Waals surface area contributed by atoms with E-state index < -0.39 is 30.6 Å². The summed E-state index contributed by atoms with van der Waals surface area (Å²) in [5.41, 5.74) is 5.60. The van der Waals surface area contributed by atoms with Gasteiger partial charge in [-0.15, -0.1) is 0 Å². The predicted molar refractivity (Wildman–Crippen MR) is 65.6 cm³/mol. The Bertz CT molecular complexity index is 486. The maximum Gasteiger partial charge on any atom is 0.334 e. The molecule has 0 saturated carbocycles. The van der Waals surface area contributed by atoms with Gasteiger partial charge in [0.15, 0.2) is 6.10 Å². The molecule has 1 rings (SSSR count). The topological polar surface area (TPSA) is 142 Å². The maximum atomic E-state index is 11.6. The second kappa shape index (κ2) is 6.36. The summed E-state index contributed by atoms with van der Waals surface area (Å²) in [5.74, 6) is -1.95. The number of primary amides is 1. The molecule has 102 valence electrons. The molecule has 0 bridgehead atoms. The molecular weight excluding hydrogens is 254 g/mol. The summed E-state index contributed by atoms with van der Waals surface area (Å²) < 4.78 is 0. The van der Waals surface area contributed by atoms with Crippen LogP contribution >= 0.6 is 0 Å². The van der Waals surface area contributed by atoms with Gasteiger partial charge in [0, 0.05) is 11.3 Å². The monoisotopic (exact) mass is 267 g/mol. The highest BCUT2D eigenvalue weighted by atomic mass is 16.4. The largest absolute Gasteiger partial charge is 0.479 e. The zero-order valence-electron chi connectivity index (χ0n) is 9.79. The number of aliphatic carboxylic acids is 1. The van der Waals surface area contributed by atoms with Crippen LogP contribution in [0.25, 0.3) is 0 Å². The van der Waals surface area contributed by atoms with Gasteiger partial charge in [-0.3, -0.25) is 4.79 Å². The molecule has 0 fully saturated rings. The number of anilines is 1. The SMILES string of the molecule is NC(=O)Nc1ccc(C(=O)NCC(O)C(=O)O)cc1. The number of hydrogen-bond donors (Lipinski definition) is 5. The first-order valence-electron chi connectivity index (χ1n) is 5.25. The molecule has 0 aliphatic carbocycles. The summed E-state index contributed by atoms with van der Waals surface area (Å²) in [6.45, 7) is -0.393. The summed E-state index contributed by atoms with van der Waals surface area (Å²) in [6.07, 6.45) is -1.65. The number of rotatable bonds is 5. The summed E-state index contributed by atoms with van der Waals surface area (Å²) in [5, 5.41) is 22.0. The molecule has 6 N–H and O–H groups in total. The average molecular weight is 267 g/mol. The lowest BCUT2D eigenvalue weighted by molar-refractivity contribution is -0.146. The number of carboxylic acids is 1. The number of hydrogen-bond acceptors (Lipinski definition) is 4. The van der Waals surface area contributed by atoms with Crippen LogP contribution in [0.2, 0.25) is 0 Å². The van der Waals surface area contributed by atoms with Crippen molar-refractivity contribution in [1.82, 2.24) is 5.32 Å². The highest BCUT2D eigenvalue weighted by molar-refractivity contribution is 5.95. The smallest absolute Gasteiger partial charge is 0.334 e. The van der Waals surface area contributed by atoms with E-state index in [1.807, 2.05) is 0 Å². The Labute approximate surface area is 108 Å². The van der Waals surface area contributed by atoms with E-state index in [4.69, 9.17) is 15.9 Å². The summed E-state index contributed by atoms with van der Waals surface area (Å²) in [7, 11) is 0. The van der Waals surface area contributed by atoms with Gasteiger partial charge >= 0.3 is 12.0 Å². The lowest BCUT2D eigenvalue weighted by Crippen LogP contribution is -2.36. The van der Waals surface area contributed by atoms with Crippen molar-refractivity contribution >= 4 is 23.6 Å². The van der Waals surface area contributed by atoms with Gasteiger partial charge in [-0.25, -0.2) is 9.59 Å². The fraction of sp³-hybridized carbons (Fsp3) is 0.182. The number of nitrogens with one attached hydrogen (secondary N) is 2. The Kier molecular flexibility index (Phi) is 4.84. The molecule has 1 unspecified atom stereocenters. The highest BCUT2D eigenvalue weighted by Crippen LogP contribution is 2.09. The Morgan fingerprint density at radius 2 is 1.79 bits per heavy atom. The third-order valence-electron chi connectivity index (χ3n) is 2.16. The molecule has 0 radical (unpaired) electrons. The van der Waals surface area contributed by atoms with E-state index in [1.165, 1.54) is 24.3 Å². The zero-order chi connectivity index (χ0) is 14.4. The van der Waals surface area contributed by atoms with Gasteiger partial charge in [-0.05, 0) is 24.3 Å². The standard InChI is InChI=1S/C11H13N3O5/c12-11(19)14-7-3-1-6(2-4-7)9(16)13-5-8(15)10(17)18/h1-4,8,15H,5H2,(H,13,16)(H,17,18)(H3,12,14,19). The van der Waals surface area contributed by atoms with E-state index in [1.54, 1.807) is 0 Å². The Morgan fingerprint density at radius 1 is 1.21 bits per heavy atom. The van der Waals surface area contributed by atoms with Gasteiger partial charge in [0.2, 0.25) is 0 Å². The van der Waals surface area contributed by atoms with Crippen molar-refractivity contribution in [2.45, 2.75) is 6.10 Å². The van der Waals surface area contributed by atoms with Crippen LogP contribution in [0.1, 0.15) is 10.4 Å².